The number of likely N-dealkylation sites (N-methyl/N-ethyl adjacent to an activating group) is 1. The SMILES string of the molecule is Cc1nccn1CCN(C)C[C@]1(O)CCCN(Cc2ccc(C(C)C)cc2)C1=O. The van der Waals surface area contributed by atoms with Crippen molar-refractivity contribution < 1.29 is 9.90 Å². The Bertz CT molecular complexity index is 815. The maximum absolute atomic E-state index is 13.1. The summed E-state index contributed by atoms with van der Waals surface area (Å²) in [7, 11) is 1.96. The first-order valence-corrected chi connectivity index (χ1v) is 10.6. The van der Waals surface area contributed by atoms with Gasteiger partial charge in [-0.2, -0.15) is 0 Å². The first-order valence-electron chi connectivity index (χ1n) is 10.6. The van der Waals surface area contributed by atoms with Crippen LogP contribution >= 0.6 is 0 Å². The maximum atomic E-state index is 13.1. The summed E-state index contributed by atoms with van der Waals surface area (Å²) in [6, 6.07) is 8.45. The second-order valence-electron chi connectivity index (χ2n) is 8.66. The molecule has 0 bridgehead atoms. The molecule has 0 radical (unpaired) electrons. The third kappa shape index (κ3) is 5.25. The number of carbonyl (C=O) groups excluding carboxylic acids is 1. The first kappa shape index (κ1) is 21.5. The van der Waals surface area contributed by atoms with Crippen molar-refractivity contribution in [3.05, 3.63) is 53.6 Å². The van der Waals surface area contributed by atoms with E-state index in [1.807, 2.05) is 30.0 Å². The number of rotatable bonds is 8. The highest BCUT2D eigenvalue weighted by molar-refractivity contribution is 5.86. The van der Waals surface area contributed by atoms with Crippen molar-refractivity contribution in [2.24, 2.45) is 0 Å². The van der Waals surface area contributed by atoms with Gasteiger partial charge in [-0.3, -0.25) is 4.79 Å². The Morgan fingerprint density at radius 1 is 1.28 bits per heavy atom. The Kier molecular flexibility index (Phi) is 6.75. The molecule has 0 aliphatic carbocycles. The van der Waals surface area contributed by atoms with Crippen LogP contribution in [0.2, 0.25) is 0 Å². The highest BCUT2D eigenvalue weighted by atomic mass is 16.3. The number of benzene rings is 1. The Hall–Kier alpha value is -2.18. The van der Waals surface area contributed by atoms with Crippen molar-refractivity contribution in [3.63, 3.8) is 0 Å². The monoisotopic (exact) mass is 398 g/mol. The molecule has 3 rings (SSSR count). The summed E-state index contributed by atoms with van der Waals surface area (Å²) in [5, 5.41) is 11.1. The number of piperidine rings is 1. The molecule has 29 heavy (non-hydrogen) atoms. The molecule has 1 saturated heterocycles. The van der Waals surface area contributed by atoms with E-state index in [4.69, 9.17) is 0 Å². The summed E-state index contributed by atoms with van der Waals surface area (Å²) < 4.78 is 2.08. The lowest BCUT2D eigenvalue weighted by molar-refractivity contribution is -0.159. The van der Waals surface area contributed by atoms with E-state index in [9.17, 15) is 9.90 Å². The van der Waals surface area contributed by atoms with Crippen LogP contribution in [0.5, 0.6) is 0 Å². The van der Waals surface area contributed by atoms with E-state index in [-0.39, 0.29) is 5.91 Å². The van der Waals surface area contributed by atoms with Gasteiger partial charge in [-0.1, -0.05) is 38.1 Å². The zero-order chi connectivity index (χ0) is 21.0. The summed E-state index contributed by atoms with van der Waals surface area (Å²) in [6.07, 6.45) is 5.08. The van der Waals surface area contributed by atoms with Crippen LogP contribution in [-0.2, 0) is 17.9 Å². The summed E-state index contributed by atoms with van der Waals surface area (Å²) in [5.41, 5.74) is 1.09. The number of imidazole rings is 1. The molecule has 2 heterocycles. The molecule has 1 aromatic heterocycles. The van der Waals surface area contributed by atoms with Gasteiger partial charge < -0.3 is 19.5 Å². The first-order chi connectivity index (χ1) is 13.8. The molecule has 6 heteroatoms. The van der Waals surface area contributed by atoms with Crippen LogP contribution in [-0.4, -0.2) is 62.6 Å². The molecular formula is C23H34N4O2. The van der Waals surface area contributed by atoms with E-state index in [0.717, 1.165) is 30.9 Å². The fraction of sp³-hybridized carbons (Fsp3) is 0.565. The number of hydrogen-bond acceptors (Lipinski definition) is 4. The minimum atomic E-state index is -1.31. The number of carbonyl (C=O) groups is 1. The van der Waals surface area contributed by atoms with Crippen molar-refractivity contribution >= 4 is 5.91 Å². The largest absolute Gasteiger partial charge is 0.379 e. The van der Waals surface area contributed by atoms with Gasteiger partial charge in [0.1, 0.15) is 5.82 Å². The van der Waals surface area contributed by atoms with Gasteiger partial charge in [-0.15, -0.1) is 0 Å². The van der Waals surface area contributed by atoms with Gasteiger partial charge in [0.25, 0.3) is 5.91 Å². The van der Waals surface area contributed by atoms with E-state index in [1.54, 1.807) is 6.20 Å². The predicted molar refractivity (Wildman–Crippen MR) is 115 cm³/mol. The third-order valence-corrected chi connectivity index (χ3v) is 5.90. The van der Waals surface area contributed by atoms with Crippen LogP contribution in [0, 0.1) is 6.92 Å². The number of aromatic nitrogens is 2. The van der Waals surface area contributed by atoms with Crippen LogP contribution in [0.4, 0.5) is 0 Å². The van der Waals surface area contributed by atoms with E-state index in [2.05, 4.69) is 47.7 Å². The Labute approximate surface area is 174 Å². The molecule has 1 aliphatic rings. The zero-order valence-corrected chi connectivity index (χ0v) is 18.1. The van der Waals surface area contributed by atoms with Crippen LogP contribution in [0.25, 0.3) is 0 Å². The number of aryl methyl sites for hydroxylation is 1. The summed E-state index contributed by atoms with van der Waals surface area (Å²) in [5.74, 6) is 1.32. The van der Waals surface area contributed by atoms with Crippen LogP contribution in [0.3, 0.4) is 0 Å². The van der Waals surface area contributed by atoms with Crippen LogP contribution in [0.1, 0.15) is 49.6 Å². The predicted octanol–water partition coefficient (Wildman–Crippen LogP) is 2.80. The van der Waals surface area contributed by atoms with Crippen molar-refractivity contribution in [2.45, 2.75) is 58.2 Å². The number of nitrogens with zero attached hydrogens (tertiary/aromatic N) is 4. The summed E-state index contributed by atoms with van der Waals surface area (Å²) in [4.78, 5) is 21.2. The lowest BCUT2D eigenvalue weighted by atomic mass is 9.90. The quantitative estimate of drug-likeness (QED) is 0.743. The summed E-state index contributed by atoms with van der Waals surface area (Å²) in [6.45, 7) is 9.47. The van der Waals surface area contributed by atoms with Gasteiger partial charge in [0.15, 0.2) is 5.60 Å². The highest BCUT2D eigenvalue weighted by Gasteiger charge is 2.42. The molecule has 158 valence electrons. The lowest BCUT2D eigenvalue weighted by Gasteiger charge is -2.40. The number of aliphatic hydroxyl groups is 1. The zero-order valence-electron chi connectivity index (χ0n) is 18.1. The van der Waals surface area contributed by atoms with Crippen molar-refractivity contribution in [2.75, 3.05) is 26.7 Å². The van der Waals surface area contributed by atoms with Crippen molar-refractivity contribution in [1.82, 2.24) is 19.4 Å². The van der Waals surface area contributed by atoms with E-state index >= 15 is 0 Å². The molecule has 1 N–H and O–H groups in total. The van der Waals surface area contributed by atoms with Crippen molar-refractivity contribution in [1.29, 1.82) is 0 Å². The number of likely N-dealkylation sites (tertiary alicyclic amines) is 1. The molecule has 1 amide bonds. The molecule has 1 atom stereocenters. The number of amides is 1. The van der Waals surface area contributed by atoms with Gasteiger partial charge in [-0.25, -0.2) is 4.98 Å². The van der Waals surface area contributed by atoms with E-state index < -0.39 is 5.60 Å². The molecule has 1 fully saturated rings. The van der Waals surface area contributed by atoms with E-state index in [0.29, 0.717) is 32.0 Å². The molecule has 2 aromatic rings. The normalized spacial score (nSPS) is 20.1. The summed E-state index contributed by atoms with van der Waals surface area (Å²) >= 11 is 0. The Morgan fingerprint density at radius 3 is 2.62 bits per heavy atom. The van der Waals surface area contributed by atoms with Gasteiger partial charge in [0.2, 0.25) is 0 Å². The van der Waals surface area contributed by atoms with Gasteiger partial charge in [-0.05, 0) is 43.9 Å². The molecular weight excluding hydrogens is 364 g/mol. The molecule has 0 spiro atoms. The standard InChI is InChI=1S/C23H34N4O2/c1-18(2)21-8-6-20(7-9-21)16-27-12-5-10-23(29,22(27)28)17-25(4)14-15-26-13-11-24-19(26)3/h6-9,11,13,18,29H,5,10,12,14-17H2,1-4H3/t23-/m1/s1. The van der Waals surface area contributed by atoms with E-state index in [1.165, 1.54) is 5.56 Å². The molecule has 1 aromatic carbocycles. The average molecular weight is 399 g/mol. The second-order valence-corrected chi connectivity index (χ2v) is 8.66. The van der Waals surface area contributed by atoms with Gasteiger partial charge >= 0.3 is 0 Å². The van der Waals surface area contributed by atoms with Crippen molar-refractivity contribution in [3.8, 4) is 0 Å². The highest BCUT2D eigenvalue weighted by Crippen LogP contribution is 2.25. The molecule has 0 unspecified atom stereocenters. The van der Waals surface area contributed by atoms with Crippen LogP contribution in [0.15, 0.2) is 36.7 Å². The van der Waals surface area contributed by atoms with Gasteiger partial charge in [0, 0.05) is 45.1 Å². The third-order valence-electron chi connectivity index (χ3n) is 5.90. The maximum Gasteiger partial charge on any atom is 0.256 e. The van der Waals surface area contributed by atoms with Crippen LogP contribution < -0.4 is 0 Å². The fourth-order valence-electron chi connectivity index (χ4n) is 4.04. The number of hydrogen-bond donors (Lipinski definition) is 1. The molecule has 1 aliphatic heterocycles. The average Bonchev–Trinajstić information content (AvgIpc) is 3.09. The van der Waals surface area contributed by atoms with Gasteiger partial charge in [0.05, 0.1) is 0 Å². The topological polar surface area (TPSA) is 61.6 Å². The Balaban J connectivity index is 1.58. The fourth-order valence-corrected chi connectivity index (χ4v) is 4.04. The Morgan fingerprint density at radius 2 is 2.00 bits per heavy atom. The minimum Gasteiger partial charge on any atom is -0.379 e. The lowest BCUT2D eigenvalue weighted by Crippen LogP contribution is -2.58. The molecule has 0 saturated carbocycles. The minimum absolute atomic E-state index is 0.151. The molecule has 6 nitrogen and oxygen atoms in total. The second kappa shape index (κ2) is 9.09. The smallest absolute Gasteiger partial charge is 0.256 e.